The van der Waals surface area contributed by atoms with Gasteiger partial charge in [0, 0.05) is 13.1 Å². The second kappa shape index (κ2) is 7.73. The fraction of sp³-hybridized carbons (Fsp3) is 0.579. The lowest BCUT2D eigenvalue weighted by atomic mass is 9.97. The van der Waals surface area contributed by atoms with Crippen LogP contribution in [0.25, 0.3) is 0 Å². The number of rotatable bonds is 6. The largest absolute Gasteiger partial charge is 0.303 e. The molecule has 1 fully saturated rings. The van der Waals surface area contributed by atoms with Crippen LogP contribution in [0.2, 0.25) is 0 Å². The van der Waals surface area contributed by atoms with Crippen molar-refractivity contribution in [3.05, 3.63) is 47.5 Å². The highest BCUT2D eigenvalue weighted by Crippen LogP contribution is 2.19. The van der Waals surface area contributed by atoms with E-state index in [2.05, 4.69) is 56.9 Å². The zero-order valence-corrected chi connectivity index (χ0v) is 14.4. The lowest BCUT2D eigenvalue weighted by molar-refractivity contribution is 0.158. The molecule has 4 heteroatoms. The zero-order chi connectivity index (χ0) is 16.1. The van der Waals surface area contributed by atoms with Crippen LogP contribution in [-0.2, 0) is 13.0 Å². The van der Waals surface area contributed by atoms with Crippen molar-refractivity contribution < 1.29 is 0 Å². The smallest absolute Gasteiger partial charge is 0.147 e. The Morgan fingerprint density at radius 1 is 1.17 bits per heavy atom. The van der Waals surface area contributed by atoms with Crippen molar-refractivity contribution in [2.45, 2.75) is 46.1 Å². The van der Waals surface area contributed by atoms with Gasteiger partial charge in [-0.25, -0.2) is 9.67 Å². The minimum absolute atomic E-state index is 0.709. The third-order valence-electron chi connectivity index (χ3n) is 4.78. The van der Waals surface area contributed by atoms with Crippen LogP contribution >= 0.6 is 0 Å². The van der Waals surface area contributed by atoms with Gasteiger partial charge in [0.2, 0.25) is 0 Å². The van der Waals surface area contributed by atoms with E-state index in [4.69, 9.17) is 0 Å². The minimum atomic E-state index is 0.709. The Bertz CT molecular complexity index is 605. The lowest BCUT2D eigenvalue weighted by Gasteiger charge is -2.32. The second-order valence-corrected chi connectivity index (χ2v) is 6.79. The maximum Gasteiger partial charge on any atom is 0.147 e. The summed E-state index contributed by atoms with van der Waals surface area (Å²) in [6.45, 7) is 8.71. The predicted molar refractivity (Wildman–Crippen MR) is 93.4 cm³/mol. The average molecular weight is 312 g/mol. The highest BCUT2D eigenvalue weighted by Gasteiger charge is 2.21. The maximum absolute atomic E-state index is 4.52. The summed E-state index contributed by atoms with van der Waals surface area (Å²) in [5.41, 5.74) is 1.45. The van der Waals surface area contributed by atoms with Crippen LogP contribution in [0, 0.1) is 19.8 Å². The Kier molecular flexibility index (Phi) is 5.44. The molecule has 0 aliphatic carbocycles. The number of nitrogens with zero attached hydrogens (tertiary/aromatic N) is 4. The molecule has 1 saturated heterocycles. The van der Waals surface area contributed by atoms with E-state index in [0.29, 0.717) is 5.92 Å². The van der Waals surface area contributed by atoms with Gasteiger partial charge in [-0.1, -0.05) is 30.3 Å². The highest BCUT2D eigenvalue weighted by molar-refractivity contribution is 5.14. The van der Waals surface area contributed by atoms with E-state index in [9.17, 15) is 0 Å². The Balaban J connectivity index is 1.45. The van der Waals surface area contributed by atoms with E-state index in [1.54, 1.807) is 0 Å². The van der Waals surface area contributed by atoms with Crippen molar-refractivity contribution in [3.8, 4) is 0 Å². The molecule has 1 aromatic heterocycles. The fourth-order valence-corrected chi connectivity index (χ4v) is 3.63. The van der Waals surface area contributed by atoms with E-state index >= 15 is 0 Å². The minimum Gasteiger partial charge on any atom is -0.303 e. The van der Waals surface area contributed by atoms with Crippen molar-refractivity contribution >= 4 is 0 Å². The molecule has 1 aromatic carbocycles. The molecule has 0 bridgehead atoms. The Labute approximate surface area is 139 Å². The summed E-state index contributed by atoms with van der Waals surface area (Å²) in [6, 6.07) is 10.8. The molecule has 0 saturated carbocycles. The molecule has 0 amide bonds. The van der Waals surface area contributed by atoms with Crippen LogP contribution in [0.1, 0.15) is 36.5 Å². The Hall–Kier alpha value is -1.68. The Morgan fingerprint density at radius 2 is 2.00 bits per heavy atom. The third kappa shape index (κ3) is 4.64. The summed E-state index contributed by atoms with van der Waals surface area (Å²) >= 11 is 0. The highest BCUT2D eigenvalue weighted by atomic mass is 15.3. The number of hydrogen-bond donors (Lipinski definition) is 0. The van der Waals surface area contributed by atoms with Gasteiger partial charge in [0.1, 0.15) is 11.6 Å². The normalized spacial score (nSPS) is 19.1. The van der Waals surface area contributed by atoms with E-state index in [1.807, 2.05) is 6.92 Å². The molecule has 124 valence electrons. The van der Waals surface area contributed by atoms with E-state index in [0.717, 1.165) is 18.2 Å². The molecule has 2 aromatic rings. The van der Waals surface area contributed by atoms with Gasteiger partial charge >= 0.3 is 0 Å². The van der Waals surface area contributed by atoms with Gasteiger partial charge in [-0.2, -0.15) is 5.10 Å². The van der Waals surface area contributed by atoms with Crippen molar-refractivity contribution in [2.75, 3.05) is 19.6 Å². The van der Waals surface area contributed by atoms with E-state index in [1.165, 1.54) is 50.9 Å². The standard InChI is InChI=1S/C19H28N4/c1-16-20-17(2)23(21-16)15-19-11-7-13-22(14-19)12-6-10-18-8-4-3-5-9-18/h3-5,8-9,19H,6-7,10-15H2,1-2H3/t19-/m0/s1. The molecule has 4 nitrogen and oxygen atoms in total. The van der Waals surface area contributed by atoms with Crippen LogP contribution in [0.5, 0.6) is 0 Å². The van der Waals surface area contributed by atoms with Crippen LogP contribution in [0.4, 0.5) is 0 Å². The van der Waals surface area contributed by atoms with E-state index in [-0.39, 0.29) is 0 Å². The third-order valence-corrected chi connectivity index (χ3v) is 4.78. The van der Waals surface area contributed by atoms with Gasteiger partial charge in [0.15, 0.2) is 0 Å². The molecular formula is C19H28N4. The van der Waals surface area contributed by atoms with E-state index < -0.39 is 0 Å². The Morgan fingerprint density at radius 3 is 2.74 bits per heavy atom. The quantitative estimate of drug-likeness (QED) is 0.821. The molecule has 0 spiro atoms. The summed E-state index contributed by atoms with van der Waals surface area (Å²) in [7, 11) is 0. The van der Waals surface area contributed by atoms with Gasteiger partial charge in [-0.05, 0) is 64.1 Å². The summed E-state index contributed by atoms with van der Waals surface area (Å²) in [5, 5.41) is 4.52. The number of aryl methyl sites for hydroxylation is 3. The summed E-state index contributed by atoms with van der Waals surface area (Å²) in [5.74, 6) is 2.64. The summed E-state index contributed by atoms with van der Waals surface area (Å²) < 4.78 is 2.09. The molecule has 23 heavy (non-hydrogen) atoms. The van der Waals surface area contributed by atoms with Gasteiger partial charge in [0.25, 0.3) is 0 Å². The zero-order valence-electron chi connectivity index (χ0n) is 14.4. The van der Waals surface area contributed by atoms with Gasteiger partial charge in [-0.15, -0.1) is 0 Å². The first kappa shape index (κ1) is 16.2. The molecule has 0 radical (unpaired) electrons. The first-order valence-corrected chi connectivity index (χ1v) is 8.85. The molecule has 0 N–H and O–H groups in total. The van der Waals surface area contributed by atoms with Crippen molar-refractivity contribution in [3.63, 3.8) is 0 Å². The molecule has 0 unspecified atom stereocenters. The number of piperidine rings is 1. The molecular weight excluding hydrogens is 284 g/mol. The summed E-state index contributed by atoms with van der Waals surface area (Å²) in [4.78, 5) is 7.05. The van der Waals surface area contributed by atoms with Crippen molar-refractivity contribution in [2.24, 2.45) is 5.92 Å². The van der Waals surface area contributed by atoms with Crippen LogP contribution < -0.4 is 0 Å². The predicted octanol–water partition coefficient (Wildman–Crippen LogP) is 3.24. The first-order valence-electron chi connectivity index (χ1n) is 8.85. The molecule has 1 aliphatic heterocycles. The SMILES string of the molecule is Cc1nc(C)n(C[C@H]2CCCN(CCCc3ccccc3)C2)n1. The summed E-state index contributed by atoms with van der Waals surface area (Å²) in [6.07, 6.45) is 5.05. The lowest BCUT2D eigenvalue weighted by Crippen LogP contribution is -2.38. The van der Waals surface area contributed by atoms with Crippen LogP contribution in [0.3, 0.4) is 0 Å². The maximum atomic E-state index is 4.52. The van der Waals surface area contributed by atoms with Crippen molar-refractivity contribution in [1.82, 2.24) is 19.7 Å². The molecule has 1 aliphatic rings. The first-order chi connectivity index (χ1) is 11.2. The van der Waals surface area contributed by atoms with Crippen LogP contribution in [0.15, 0.2) is 30.3 Å². The number of likely N-dealkylation sites (tertiary alicyclic amines) is 1. The second-order valence-electron chi connectivity index (χ2n) is 6.79. The molecule has 2 heterocycles. The number of hydrogen-bond acceptors (Lipinski definition) is 3. The monoisotopic (exact) mass is 312 g/mol. The molecule has 3 rings (SSSR count). The average Bonchev–Trinajstić information content (AvgIpc) is 2.86. The molecule has 1 atom stereocenters. The topological polar surface area (TPSA) is 34.0 Å². The number of benzene rings is 1. The number of aromatic nitrogens is 3. The fourth-order valence-electron chi connectivity index (χ4n) is 3.63. The van der Waals surface area contributed by atoms with Gasteiger partial charge in [0.05, 0.1) is 0 Å². The van der Waals surface area contributed by atoms with Crippen molar-refractivity contribution in [1.29, 1.82) is 0 Å². The van der Waals surface area contributed by atoms with Gasteiger partial charge in [-0.3, -0.25) is 0 Å². The van der Waals surface area contributed by atoms with Crippen LogP contribution in [-0.4, -0.2) is 39.3 Å². The van der Waals surface area contributed by atoms with Gasteiger partial charge < -0.3 is 4.90 Å².